The molecule has 0 radical (unpaired) electrons. The number of hydrogen-bond acceptors (Lipinski definition) is 4. The van der Waals surface area contributed by atoms with Crippen LogP contribution in [0.15, 0.2) is 6.07 Å². The van der Waals surface area contributed by atoms with E-state index in [9.17, 15) is 8.78 Å². The van der Waals surface area contributed by atoms with Crippen molar-refractivity contribution in [3.63, 3.8) is 0 Å². The number of nitrogens with one attached hydrogen (secondary N) is 2. The minimum atomic E-state index is -0.688. The number of ether oxygens (including phenoxy) is 1. The molecule has 0 spiro atoms. The SMILES string of the molecule is CNc1nc(NCC2CCOCC2)c(F)cc1F. The molecule has 2 rings (SSSR count). The average Bonchev–Trinajstić information content (AvgIpc) is 2.39. The second-order valence-corrected chi connectivity index (χ2v) is 4.34. The Bertz CT molecular complexity index is 409. The van der Waals surface area contributed by atoms with Crippen LogP contribution >= 0.6 is 0 Å². The quantitative estimate of drug-likeness (QED) is 0.868. The molecule has 1 fully saturated rings. The molecule has 4 nitrogen and oxygen atoms in total. The fraction of sp³-hybridized carbons (Fsp3) is 0.583. The summed E-state index contributed by atoms with van der Waals surface area (Å²) in [4.78, 5) is 3.87. The van der Waals surface area contributed by atoms with Crippen LogP contribution < -0.4 is 10.6 Å². The number of nitrogens with zero attached hydrogens (tertiary/aromatic N) is 1. The van der Waals surface area contributed by atoms with Gasteiger partial charge in [-0.3, -0.25) is 0 Å². The average molecular weight is 257 g/mol. The molecule has 2 N–H and O–H groups in total. The van der Waals surface area contributed by atoms with Gasteiger partial charge in [0.15, 0.2) is 23.3 Å². The maximum atomic E-state index is 13.5. The molecule has 0 aromatic carbocycles. The van der Waals surface area contributed by atoms with Gasteiger partial charge in [-0.15, -0.1) is 0 Å². The second kappa shape index (κ2) is 5.95. The van der Waals surface area contributed by atoms with E-state index < -0.39 is 11.6 Å². The lowest BCUT2D eigenvalue weighted by atomic mass is 10.0. The molecular formula is C12H17F2N3O. The lowest BCUT2D eigenvalue weighted by Crippen LogP contribution is -2.23. The lowest BCUT2D eigenvalue weighted by Gasteiger charge is -2.22. The molecular weight excluding hydrogens is 240 g/mol. The summed E-state index contributed by atoms with van der Waals surface area (Å²) in [6, 6.07) is 0.838. The fourth-order valence-electron chi connectivity index (χ4n) is 1.96. The van der Waals surface area contributed by atoms with Crippen LogP contribution in [0.4, 0.5) is 20.4 Å². The van der Waals surface area contributed by atoms with Crippen molar-refractivity contribution in [2.45, 2.75) is 12.8 Å². The first-order valence-electron chi connectivity index (χ1n) is 6.06. The lowest BCUT2D eigenvalue weighted by molar-refractivity contribution is 0.0699. The van der Waals surface area contributed by atoms with Crippen molar-refractivity contribution >= 4 is 11.6 Å². The van der Waals surface area contributed by atoms with Crippen LogP contribution in [0.3, 0.4) is 0 Å². The van der Waals surface area contributed by atoms with Gasteiger partial charge in [-0.1, -0.05) is 0 Å². The number of hydrogen-bond donors (Lipinski definition) is 2. The van der Waals surface area contributed by atoms with Gasteiger partial charge in [0.1, 0.15) is 0 Å². The van der Waals surface area contributed by atoms with E-state index in [2.05, 4.69) is 15.6 Å². The third-order valence-corrected chi connectivity index (χ3v) is 3.07. The summed E-state index contributed by atoms with van der Waals surface area (Å²) in [6.07, 6.45) is 1.91. The molecule has 1 aromatic rings. The van der Waals surface area contributed by atoms with Crippen LogP contribution in [0.25, 0.3) is 0 Å². The van der Waals surface area contributed by atoms with Crippen LogP contribution in [0, 0.1) is 17.6 Å². The monoisotopic (exact) mass is 257 g/mol. The van der Waals surface area contributed by atoms with Gasteiger partial charge in [-0.25, -0.2) is 13.8 Å². The van der Waals surface area contributed by atoms with E-state index in [1.807, 2.05) is 0 Å². The maximum Gasteiger partial charge on any atom is 0.168 e. The summed E-state index contributed by atoms with van der Waals surface area (Å²) < 4.78 is 32.0. The summed E-state index contributed by atoms with van der Waals surface area (Å²) in [5, 5.41) is 5.52. The van der Waals surface area contributed by atoms with E-state index in [4.69, 9.17) is 4.74 Å². The molecule has 0 atom stereocenters. The first-order valence-corrected chi connectivity index (χ1v) is 6.06. The summed E-state index contributed by atoms with van der Waals surface area (Å²) in [7, 11) is 1.55. The Kier molecular flexibility index (Phi) is 4.30. The Morgan fingerprint density at radius 2 is 1.94 bits per heavy atom. The van der Waals surface area contributed by atoms with Gasteiger partial charge >= 0.3 is 0 Å². The van der Waals surface area contributed by atoms with Crippen molar-refractivity contribution in [2.24, 2.45) is 5.92 Å². The van der Waals surface area contributed by atoms with Crippen LogP contribution in [-0.2, 0) is 4.74 Å². The molecule has 1 saturated heterocycles. The molecule has 100 valence electrons. The Hall–Kier alpha value is -1.43. The normalized spacial score (nSPS) is 16.6. The molecule has 6 heteroatoms. The molecule has 1 aliphatic heterocycles. The van der Waals surface area contributed by atoms with Crippen molar-refractivity contribution in [3.8, 4) is 0 Å². The summed E-state index contributed by atoms with van der Waals surface area (Å²) >= 11 is 0. The standard InChI is InChI=1S/C12H17F2N3O/c1-15-11-9(13)6-10(14)12(17-11)16-7-8-2-4-18-5-3-8/h6,8H,2-5,7H2,1H3,(H2,15,16,17). The highest BCUT2D eigenvalue weighted by Gasteiger charge is 2.16. The first-order chi connectivity index (χ1) is 8.70. The van der Waals surface area contributed by atoms with Gasteiger partial charge in [0.2, 0.25) is 0 Å². The van der Waals surface area contributed by atoms with Crippen LogP contribution in [-0.4, -0.2) is 31.8 Å². The highest BCUT2D eigenvalue weighted by Crippen LogP contribution is 2.20. The summed E-state index contributed by atoms with van der Waals surface area (Å²) in [6.45, 7) is 2.11. The molecule has 0 amide bonds. The zero-order valence-electron chi connectivity index (χ0n) is 10.3. The van der Waals surface area contributed by atoms with E-state index in [-0.39, 0.29) is 11.6 Å². The molecule has 18 heavy (non-hydrogen) atoms. The van der Waals surface area contributed by atoms with E-state index in [1.165, 1.54) is 0 Å². The van der Waals surface area contributed by atoms with Crippen molar-refractivity contribution < 1.29 is 13.5 Å². The predicted molar refractivity (Wildman–Crippen MR) is 65.7 cm³/mol. The predicted octanol–water partition coefficient (Wildman–Crippen LogP) is 2.24. The zero-order chi connectivity index (χ0) is 13.0. The van der Waals surface area contributed by atoms with Gasteiger partial charge in [0.25, 0.3) is 0 Å². The van der Waals surface area contributed by atoms with Crippen LogP contribution in [0.1, 0.15) is 12.8 Å². The number of rotatable bonds is 4. The number of aromatic nitrogens is 1. The second-order valence-electron chi connectivity index (χ2n) is 4.34. The molecule has 0 bridgehead atoms. The molecule has 0 saturated carbocycles. The third-order valence-electron chi connectivity index (χ3n) is 3.07. The van der Waals surface area contributed by atoms with Gasteiger partial charge in [-0.05, 0) is 18.8 Å². The Labute approximate surface area is 105 Å². The van der Waals surface area contributed by atoms with Gasteiger partial charge < -0.3 is 15.4 Å². The topological polar surface area (TPSA) is 46.2 Å². The van der Waals surface area contributed by atoms with Gasteiger partial charge in [-0.2, -0.15) is 0 Å². The largest absolute Gasteiger partial charge is 0.381 e. The number of anilines is 2. The molecule has 2 heterocycles. The van der Waals surface area contributed by atoms with Crippen LogP contribution in [0.5, 0.6) is 0 Å². The van der Waals surface area contributed by atoms with Gasteiger partial charge in [0, 0.05) is 32.9 Å². The van der Waals surface area contributed by atoms with Crippen molar-refractivity contribution in [2.75, 3.05) is 37.4 Å². The highest BCUT2D eigenvalue weighted by molar-refractivity contribution is 5.47. The van der Waals surface area contributed by atoms with Crippen molar-refractivity contribution in [1.82, 2.24) is 4.98 Å². The third kappa shape index (κ3) is 3.07. The number of halogens is 2. The molecule has 0 aliphatic carbocycles. The van der Waals surface area contributed by atoms with E-state index >= 15 is 0 Å². The minimum absolute atomic E-state index is 0.0471. The van der Waals surface area contributed by atoms with E-state index in [0.717, 1.165) is 32.1 Å². The Morgan fingerprint density at radius 3 is 2.61 bits per heavy atom. The Balaban J connectivity index is 1.99. The van der Waals surface area contributed by atoms with E-state index in [0.29, 0.717) is 12.5 Å². The van der Waals surface area contributed by atoms with Crippen molar-refractivity contribution in [1.29, 1.82) is 0 Å². The number of pyridine rings is 1. The molecule has 0 unspecified atom stereocenters. The van der Waals surface area contributed by atoms with Crippen molar-refractivity contribution in [3.05, 3.63) is 17.7 Å². The van der Waals surface area contributed by atoms with Gasteiger partial charge in [0.05, 0.1) is 0 Å². The maximum absolute atomic E-state index is 13.5. The zero-order valence-corrected chi connectivity index (χ0v) is 10.3. The summed E-state index contributed by atoms with van der Waals surface area (Å²) in [5.41, 5.74) is 0. The van der Waals surface area contributed by atoms with Crippen LogP contribution in [0.2, 0.25) is 0 Å². The Morgan fingerprint density at radius 1 is 1.28 bits per heavy atom. The smallest absolute Gasteiger partial charge is 0.168 e. The molecule has 1 aliphatic rings. The molecule has 1 aromatic heterocycles. The first kappa shape index (κ1) is 13.0. The summed E-state index contributed by atoms with van der Waals surface area (Å²) in [5.74, 6) is -0.772. The minimum Gasteiger partial charge on any atom is -0.381 e. The fourth-order valence-corrected chi connectivity index (χ4v) is 1.96. The van der Waals surface area contributed by atoms with E-state index in [1.54, 1.807) is 7.05 Å². The highest BCUT2D eigenvalue weighted by atomic mass is 19.1.